The molecule has 0 heterocycles. The Labute approximate surface area is 116 Å². The quantitative estimate of drug-likeness (QED) is 0.609. The van der Waals surface area contributed by atoms with Crippen molar-refractivity contribution in [2.45, 2.75) is 0 Å². The van der Waals surface area contributed by atoms with Gasteiger partial charge < -0.3 is 0 Å². The van der Waals surface area contributed by atoms with Crippen molar-refractivity contribution in [3.63, 3.8) is 0 Å². The second-order valence-electron chi connectivity index (χ2n) is 3.62. The van der Waals surface area contributed by atoms with Gasteiger partial charge in [-0.05, 0) is 23.8 Å². The molecule has 5 heteroatoms. The summed E-state index contributed by atoms with van der Waals surface area (Å²) in [5.41, 5.74) is 2.48. The zero-order valence-corrected chi connectivity index (χ0v) is 11.3. The van der Waals surface area contributed by atoms with Crippen LogP contribution in [0.3, 0.4) is 0 Å². The van der Waals surface area contributed by atoms with E-state index in [2.05, 4.69) is 25.0 Å². The number of hydrogen-bond acceptors (Lipinski definition) is 2. The first kappa shape index (κ1) is 12.9. The lowest BCUT2D eigenvalue weighted by Crippen LogP contribution is -2.17. The van der Waals surface area contributed by atoms with E-state index in [1.165, 1.54) is 12.1 Å². The maximum absolute atomic E-state index is 13.1. The molecule has 0 bridgehead atoms. The molecule has 0 aliphatic rings. The molecule has 0 nitrogen and oxygen atoms in total. The molecule has 2 rings (SSSR count). The van der Waals surface area contributed by atoms with Gasteiger partial charge in [-0.3, -0.25) is 0 Å². The highest BCUT2D eigenvalue weighted by Crippen LogP contribution is 2.27. The smallest absolute Gasteiger partial charge is 0.208 e. The third-order valence-electron chi connectivity index (χ3n) is 2.43. The molecule has 0 radical (unpaired) electrons. The maximum Gasteiger partial charge on any atom is 0.301 e. The molecular formula is C12H9BClFS2. The van der Waals surface area contributed by atoms with Gasteiger partial charge in [0.25, 0.3) is 0 Å². The van der Waals surface area contributed by atoms with Crippen LogP contribution in [0.15, 0.2) is 42.5 Å². The lowest BCUT2D eigenvalue weighted by Gasteiger charge is -2.07. The minimum Gasteiger partial charge on any atom is -0.208 e. The number of benzene rings is 2. The van der Waals surface area contributed by atoms with Crippen molar-refractivity contribution in [3.05, 3.63) is 53.3 Å². The summed E-state index contributed by atoms with van der Waals surface area (Å²) in [5.74, 6) is -0.274. The molecule has 0 aromatic heterocycles. The van der Waals surface area contributed by atoms with Crippen molar-refractivity contribution < 1.29 is 4.39 Å². The van der Waals surface area contributed by atoms with E-state index in [0.717, 1.165) is 16.6 Å². The van der Waals surface area contributed by atoms with Gasteiger partial charge in [0.1, 0.15) is 5.82 Å². The van der Waals surface area contributed by atoms with Crippen molar-refractivity contribution in [1.82, 2.24) is 0 Å². The largest absolute Gasteiger partial charge is 0.301 e. The first-order valence-electron chi connectivity index (χ1n) is 4.99. The summed E-state index contributed by atoms with van der Waals surface area (Å²) in [5, 5.41) is 0.398. The molecule has 17 heavy (non-hydrogen) atoms. The van der Waals surface area contributed by atoms with Gasteiger partial charge in [0, 0.05) is 10.6 Å². The zero-order chi connectivity index (χ0) is 12.4. The van der Waals surface area contributed by atoms with Crippen LogP contribution in [0.5, 0.6) is 0 Å². The summed E-state index contributed by atoms with van der Waals surface area (Å²) >= 11 is 14.6. The summed E-state index contributed by atoms with van der Waals surface area (Å²) in [4.78, 5) is 0. The highest BCUT2D eigenvalue weighted by Gasteiger charge is 2.10. The Morgan fingerprint density at radius 1 is 1.06 bits per heavy atom. The third kappa shape index (κ3) is 3.00. The lowest BCUT2D eigenvalue weighted by atomic mass is 9.90. The van der Waals surface area contributed by atoms with Gasteiger partial charge in [-0.25, -0.2) is 29.4 Å². The van der Waals surface area contributed by atoms with Crippen LogP contribution in [-0.2, 0) is 0 Å². The van der Waals surface area contributed by atoms with Crippen molar-refractivity contribution in [3.8, 4) is 11.1 Å². The van der Waals surface area contributed by atoms with Gasteiger partial charge in [0.2, 0.25) is 0 Å². The molecule has 0 aliphatic carbocycles. The molecule has 0 atom stereocenters. The van der Waals surface area contributed by atoms with Crippen LogP contribution in [0.25, 0.3) is 11.1 Å². The lowest BCUT2D eigenvalue weighted by molar-refractivity contribution is 0.628. The Hall–Kier alpha value is -0.575. The highest BCUT2D eigenvalue weighted by molar-refractivity contribution is 8.42. The van der Waals surface area contributed by atoms with E-state index in [4.69, 9.17) is 11.6 Å². The second-order valence-corrected chi connectivity index (χ2v) is 5.47. The predicted octanol–water partition coefficient (Wildman–Crippen LogP) is 3.70. The molecule has 86 valence electrons. The summed E-state index contributed by atoms with van der Waals surface area (Å²) < 4.78 is 13.1. The van der Waals surface area contributed by atoms with Gasteiger partial charge in [-0.15, -0.1) is 0 Å². The SMILES string of the molecule is Fc1cccc(-c2ccc(B(S)S)cc2Cl)c1. The average Bonchev–Trinajstić information content (AvgIpc) is 2.28. The zero-order valence-electron chi connectivity index (χ0n) is 8.77. The molecule has 0 fully saturated rings. The Bertz CT molecular complexity index is 546. The minimum atomic E-state index is -0.274. The molecule has 0 amide bonds. The van der Waals surface area contributed by atoms with E-state index in [0.29, 0.717) is 5.02 Å². The first-order valence-corrected chi connectivity index (χ1v) is 6.40. The van der Waals surface area contributed by atoms with E-state index in [9.17, 15) is 4.39 Å². The number of thiol groups is 2. The van der Waals surface area contributed by atoms with E-state index >= 15 is 0 Å². The third-order valence-corrected chi connectivity index (χ3v) is 3.34. The number of halogens is 2. The fraction of sp³-hybridized carbons (Fsp3) is 0. The predicted molar refractivity (Wildman–Crippen MR) is 80.2 cm³/mol. The monoisotopic (exact) mass is 282 g/mol. The van der Waals surface area contributed by atoms with E-state index in [1.54, 1.807) is 12.1 Å². The van der Waals surface area contributed by atoms with Gasteiger partial charge in [0.15, 0.2) is 0 Å². The summed E-state index contributed by atoms with van der Waals surface area (Å²) in [7, 11) is 0. The van der Waals surface area contributed by atoms with Crippen LogP contribution in [0.1, 0.15) is 0 Å². The molecule has 0 spiro atoms. The van der Waals surface area contributed by atoms with Gasteiger partial charge in [-0.1, -0.05) is 41.3 Å². The van der Waals surface area contributed by atoms with Crippen LogP contribution in [-0.4, -0.2) is 5.27 Å². The topological polar surface area (TPSA) is 0 Å². The molecule has 0 N–H and O–H groups in total. The van der Waals surface area contributed by atoms with Crippen LogP contribution >= 0.6 is 36.6 Å². The highest BCUT2D eigenvalue weighted by atomic mass is 35.5. The summed E-state index contributed by atoms with van der Waals surface area (Å²) in [6.45, 7) is 0. The first-order chi connectivity index (χ1) is 8.08. The van der Waals surface area contributed by atoms with E-state index < -0.39 is 0 Å². The van der Waals surface area contributed by atoms with Gasteiger partial charge in [-0.2, -0.15) is 0 Å². The molecular weight excluding hydrogens is 274 g/mol. The Morgan fingerprint density at radius 3 is 2.41 bits per heavy atom. The molecule has 0 saturated carbocycles. The second kappa shape index (κ2) is 5.38. The van der Waals surface area contributed by atoms with Crippen molar-refractivity contribution in [2.75, 3.05) is 0 Å². The summed E-state index contributed by atoms with van der Waals surface area (Å²) in [6, 6.07) is 11.9. The van der Waals surface area contributed by atoms with E-state index in [-0.39, 0.29) is 11.1 Å². The standard InChI is InChI=1S/C12H9BClFS2/c14-12-7-9(13(16)17)4-5-11(12)8-2-1-3-10(15)6-8/h1-7,16-17H. The van der Waals surface area contributed by atoms with Gasteiger partial charge >= 0.3 is 5.27 Å². The Morgan fingerprint density at radius 2 is 1.82 bits per heavy atom. The van der Waals surface area contributed by atoms with Crippen LogP contribution in [0.2, 0.25) is 5.02 Å². The minimum absolute atomic E-state index is 0.172. The van der Waals surface area contributed by atoms with Crippen LogP contribution < -0.4 is 5.46 Å². The fourth-order valence-corrected chi connectivity index (χ4v) is 2.20. The van der Waals surface area contributed by atoms with E-state index in [1.807, 2.05) is 18.2 Å². The van der Waals surface area contributed by atoms with Crippen LogP contribution in [0, 0.1) is 5.82 Å². The average molecular weight is 283 g/mol. The molecule has 0 unspecified atom stereocenters. The summed E-state index contributed by atoms with van der Waals surface area (Å²) in [6.07, 6.45) is 0. The number of hydrogen-bond donors (Lipinski definition) is 2. The molecule has 2 aromatic rings. The fourth-order valence-electron chi connectivity index (χ4n) is 1.58. The van der Waals surface area contributed by atoms with Crippen molar-refractivity contribution in [1.29, 1.82) is 0 Å². The normalized spacial score (nSPS) is 10.4. The van der Waals surface area contributed by atoms with Crippen LogP contribution in [0.4, 0.5) is 4.39 Å². The van der Waals surface area contributed by atoms with Gasteiger partial charge in [0.05, 0.1) is 0 Å². The maximum atomic E-state index is 13.1. The molecule has 0 aliphatic heterocycles. The Balaban J connectivity index is 2.47. The molecule has 2 aromatic carbocycles. The van der Waals surface area contributed by atoms with Crippen molar-refractivity contribution >= 4 is 47.3 Å². The van der Waals surface area contributed by atoms with Crippen molar-refractivity contribution in [2.24, 2.45) is 0 Å². The number of rotatable bonds is 2. The Kier molecular flexibility index (Phi) is 4.07. The molecule has 0 saturated heterocycles.